The summed E-state index contributed by atoms with van der Waals surface area (Å²) in [4.78, 5) is 97.1. The molecule has 7 amide bonds. The van der Waals surface area contributed by atoms with Crippen LogP contribution in [0.2, 0.25) is 0 Å². The fourth-order valence-corrected chi connectivity index (χ4v) is 6.45. The standard InChI is InChI=1S/C39H34F3N11O9/c40-39(41,42)19-47-28-16-21(10-11-45-28)36-49-26(18-62-36)34(57)48-25-17-52(51-31(25)32(43)55)22-6-4-20(5-7-22)33(56)46-13-15-61-14-12-44-24-3-1-2-23-30(24)38(60)53(37(23)59)27-8-9-29(54)50-35(27)58/h1-7,10-11,16-18,27,44H,8-9,12-15,19H2,(H2,43,55)(H,45,47)(H,46,56)(H,48,57)(H,50,54,58). The Morgan fingerprint density at radius 2 is 1.73 bits per heavy atom. The van der Waals surface area contributed by atoms with Crippen LogP contribution in [0, 0.1) is 0 Å². The second kappa shape index (κ2) is 17.7. The summed E-state index contributed by atoms with van der Waals surface area (Å²) in [5.41, 5.74) is 6.49. The molecular formula is C39H34F3N11O9. The van der Waals surface area contributed by atoms with Gasteiger partial charge in [0.15, 0.2) is 11.4 Å². The van der Waals surface area contributed by atoms with Gasteiger partial charge in [-0.3, -0.25) is 43.8 Å². The number of nitrogens with zero attached hydrogens (tertiary/aromatic N) is 5. The molecule has 2 aromatic carbocycles. The Bertz CT molecular complexity index is 2590. The van der Waals surface area contributed by atoms with Crippen LogP contribution in [0.25, 0.3) is 17.1 Å². The predicted molar refractivity (Wildman–Crippen MR) is 209 cm³/mol. The molecular weight excluding hydrogens is 823 g/mol. The van der Waals surface area contributed by atoms with Crippen LogP contribution < -0.4 is 32.3 Å². The van der Waals surface area contributed by atoms with Crippen molar-refractivity contribution in [1.29, 1.82) is 0 Å². The van der Waals surface area contributed by atoms with Gasteiger partial charge in [-0.25, -0.2) is 14.6 Å². The van der Waals surface area contributed by atoms with E-state index < -0.39 is 60.1 Å². The fourth-order valence-electron chi connectivity index (χ4n) is 6.45. The number of nitrogens with one attached hydrogen (secondary N) is 5. The number of carbonyl (C=O) groups is 7. The molecule has 62 heavy (non-hydrogen) atoms. The van der Waals surface area contributed by atoms with Gasteiger partial charge in [-0.1, -0.05) is 6.07 Å². The van der Waals surface area contributed by atoms with Crippen LogP contribution >= 0.6 is 0 Å². The third kappa shape index (κ3) is 9.41. The number of benzene rings is 2. The molecule has 0 radical (unpaired) electrons. The number of primary amides is 1. The number of rotatable bonds is 16. The first-order chi connectivity index (χ1) is 29.7. The van der Waals surface area contributed by atoms with Crippen LogP contribution in [-0.2, 0) is 14.3 Å². The number of imide groups is 2. The summed E-state index contributed by atoms with van der Waals surface area (Å²) in [7, 11) is 0. The van der Waals surface area contributed by atoms with Gasteiger partial charge in [-0.05, 0) is 55.0 Å². The van der Waals surface area contributed by atoms with E-state index in [-0.39, 0.29) is 90.2 Å². The van der Waals surface area contributed by atoms with E-state index in [1.54, 1.807) is 24.3 Å². The van der Waals surface area contributed by atoms with E-state index in [9.17, 15) is 46.7 Å². The van der Waals surface area contributed by atoms with Crippen molar-refractivity contribution in [3.63, 3.8) is 0 Å². The maximum atomic E-state index is 13.3. The van der Waals surface area contributed by atoms with Crippen molar-refractivity contribution in [2.45, 2.75) is 25.1 Å². The molecule has 20 nitrogen and oxygen atoms in total. The van der Waals surface area contributed by atoms with Gasteiger partial charge >= 0.3 is 6.18 Å². The average Bonchev–Trinajstić information content (AvgIpc) is 3.97. The molecule has 7 N–H and O–H groups in total. The minimum atomic E-state index is -4.47. The highest BCUT2D eigenvalue weighted by molar-refractivity contribution is 6.25. The first-order valence-electron chi connectivity index (χ1n) is 18.6. The zero-order chi connectivity index (χ0) is 44.1. The van der Waals surface area contributed by atoms with Crippen molar-refractivity contribution in [3.8, 4) is 17.1 Å². The first kappa shape index (κ1) is 42.2. The number of pyridine rings is 1. The van der Waals surface area contributed by atoms with Gasteiger partial charge in [-0.2, -0.15) is 18.3 Å². The van der Waals surface area contributed by atoms with Crippen molar-refractivity contribution in [3.05, 3.63) is 101 Å². The summed E-state index contributed by atoms with van der Waals surface area (Å²) in [6.07, 6.45) is -0.843. The Labute approximate surface area is 347 Å². The number of piperidine rings is 1. The summed E-state index contributed by atoms with van der Waals surface area (Å²) in [6.45, 7) is -0.608. The maximum absolute atomic E-state index is 13.3. The smallest absolute Gasteiger partial charge is 0.405 e. The summed E-state index contributed by atoms with van der Waals surface area (Å²) < 4.78 is 50.0. The van der Waals surface area contributed by atoms with Gasteiger partial charge in [0.2, 0.25) is 17.7 Å². The average molecular weight is 858 g/mol. The lowest BCUT2D eigenvalue weighted by Crippen LogP contribution is -2.54. The minimum absolute atomic E-state index is 0.00921. The Morgan fingerprint density at radius 1 is 0.952 bits per heavy atom. The van der Waals surface area contributed by atoms with Crippen LogP contribution in [0.4, 0.5) is 30.4 Å². The van der Waals surface area contributed by atoms with Crippen molar-refractivity contribution in [2.75, 3.05) is 48.8 Å². The lowest BCUT2D eigenvalue weighted by Gasteiger charge is -2.27. The Hall–Kier alpha value is -7.95. The molecule has 0 spiro atoms. The molecule has 0 bridgehead atoms. The molecule has 1 fully saturated rings. The Kier molecular flexibility index (Phi) is 12.1. The quantitative estimate of drug-likeness (QED) is 0.0615. The van der Waals surface area contributed by atoms with Crippen molar-refractivity contribution < 1.29 is 55.9 Å². The molecule has 5 aromatic rings. The number of oxazole rings is 1. The molecule has 2 aliphatic rings. The van der Waals surface area contributed by atoms with Crippen LogP contribution in [0.3, 0.4) is 0 Å². The molecule has 5 heterocycles. The zero-order valence-electron chi connectivity index (χ0n) is 32.1. The van der Waals surface area contributed by atoms with Crippen LogP contribution in [0.5, 0.6) is 0 Å². The first-order valence-corrected chi connectivity index (χ1v) is 18.6. The monoisotopic (exact) mass is 857 g/mol. The summed E-state index contributed by atoms with van der Waals surface area (Å²) >= 11 is 0. The van der Waals surface area contributed by atoms with E-state index in [0.29, 0.717) is 11.4 Å². The topological polar surface area (TPSA) is 275 Å². The molecule has 0 aliphatic carbocycles. The van der Waals surface area contributed by atoms with E-state index in [0.717, 1.165) is 11.2 Å². The number of anilines is 3. The number of hydrogen-bond acceptors (Lipinski definition) is 14. The van der Waals surface area contributed by atoms with Gasteiger partial charge < -0.3 is 36.2 Å². The van der Waals surface area contributed by atoms with Crippen LogP contribution in [-0.4, -0.2) is 111 Å². The number of ether oxygens (including phenoxy) is 1. The van der Waals surface area contributed by atoms with Crippen LogP contribution in [0.15, 0.2) is 77.7 Å². The third-order valence-corrected chi connectivity index (χ3v) is 9.37. The summed E-state index contributed by atoms with van der Waals surface area (Å²) in [6, 6.07) is 12.4. The van der Waals surface area contributed by atoms with Crippen molar-refractivity contribution in [1.82, 2.24) is 35.3 Å². The van der Waals surface area contributed by atoms with Crippen LogP contribution in [0.1, 0.15) is 64.9 Å². The zero-order valence-corrected chi connectivity index (χ0v) is 32.1. The number of alkyl halides is 3. The van der Waals surface area contributed by atoms with Gasteiger partial charge in [-0.15, -0.1) is 0 Å². The number of fused-ring (bicyclic) bond motifs is 1. The molecule has 0 saturated carbocycles. The number of nitrogens with two attached hydrogens (primary N) is 1. The number of aromatic nitrogens is 4. The van der Waals surface area contributed by atoms with E-state index in [1.165, 1.54) is 47.4 Å². The molecule has 7 rings (SSSR count). The molecule has 1 saturated heterocycles. The second-order valence-electron chi connectivity index (χ2n) is 13.6. The van der Waals surface area contributed by atoms with Crippen molar-refractivity contribution >= 4 is 58.5 Å². The fraction of sp³-hybridized carbons (Fsp3) is 0.231. The van der Waals surface area contributed by atoms with Gasteiger partial charge in [0.05, 0.1) is 41.9 Å². The highest BCUT2D eigenvalue weighted by Gasteiger charge is 2.45. The molecule has 23 heteroatoms. The third-order valence-electron chi connectivity index (χ3n) is 9.37. The molecule has 320 valence electrons. The largest absolute Gasteiger partial charge is 0.444 e. The summed E-state index contributed by atoms with van der Waals surface area (Å²) in [5.74, 6) is -4.79. The highest BCUT2D eigenvalue weighted by atomic mass is 19.4. The van der Waals surface area contributed by atoms with E-state index in [1.807, 2.05) is 0 Å². The molecule has 1 unspecified atom stereocenters. The van der Waals surface area contributed by atoms with E-state index >= 15 is 0 Å². The Balaban J connectivity index is 0.876. The van der Waals surface area contributed by atoms with Gasteiger partial charge in [0.25, 0.3) is 29.5 Å². The van der Waals surface area contributed by atoms with Gasteiger partial charge in [0, 0.05) is 42.5 Å². The van der Waals surface area contributed by atoms with Gasteiger partial charge in [0.1, 0.15) is 24.7 Å². The minimum Gasteiger partial charge on any atom is -0.444 e. The number of amides is 7. The normalized spacial score (nSPS) is 15.0. The Morgan fingerprint density at radius 3 is 2.47 bits per heavy atom. The lowest BCUT2D eigenvalue weighted by molar-refractivity contribution is -0.136. The predicted octanol–water partition coefficient (Wildman–Crippen LogP) is 2.51. The molecule has 3 aromatic heterocycles. The summed E-state index contributed by atoms with van der Waals surface area (Å²) in [5, 5.41) is 16.8. The maximum Gasteiger partial charge on any atom is 0.405 e. The number of hydrogen-bond donors (Lipinski definition) is 6. The highest BCUT2D eigenvalue weighted by Crippen LogP contribution is 2.32. The molecule has 2 aliphatic heterocycles. The van der Waals surface area contributed by atoms with E-state index in [4.69, 9.17) is 14.9 Å². The molecule has 1 atom stereocenters. The lowest BCUT2D eigenvalue weighted by atomic mass is 10.0. The van der Waals surface area contributed by atoms with Crippen molar-refractivity contribution in [2.24, 2.45) is 5.73 Å². The SMILES string of the molecule is NC(=O)c1nn(-c2ccc(C(=O)NCCOCCNc3cccc4c3C(=O)N(C3CCC(=O)NC3=O)C4=O)cc2)cc1NC(=O)c1coc(-c2ccnc(NCC(F)(F)F)c2)n1. The number of carbonyl (C=O) groups excluding carboxylic acids is 7. The second-order valence-corrected chi connectivity index (χ2v) is 13.6. The van der Waals surface area contributed by atoms with E-state index in [2.05, 4.69) is 41.7 Å². The number of halogens is 3.